The van der Waals surface area contributed by atoms with Gasteiger partial charge < -0.3 is 15.5 Å². The van der Waals surface area contributed by atoms with E-state index in [1.807, 2.05) is 66.1 Å². The molecule has 0 amide bonds. The first kappa shape index (κ1) is 13.2. The Bertz CT molecular complexity index is 774. The Morgan fingerprint density at radius 1 is 1.19 bits per heavy atom. The molecule has 0 aliphatic carbocycles. The molecular formula is C16H17N5. The van der Waals surface area contributed by atoms with Gasteiger partial charge in [0.05, 0.1) is 12.2 Å². The van der Waals surface area contributed by atoms with Crippen LogP contribution in [-0.4, -0.2) is 15.3 Å². The molecule has 0 bridgehead atoms. The average Bonchev–Trinajstić information content (AvgIpc) is 2.91. The molecule has 21 heavy (non-hydrogen) atoms. The van der Waals surface area contributed by atoms with E-state index in [9.17, 15) is 0 Å². The van der Waals surface area contributed by atoms with Crippen molar-refractivity contribution in [3.8, 4) is 0 Å². The summed E-state index contributed by atoms with van der Waals surface area (Å²) in [6.07, 6.45) is 1.99. The second-order valence-corrected chi connectivity index (χ2v) is 4.82. The van der Waals surface area contributed by atoms with E-state index in [1.54, 1.807) is 0 Å². The van der Waals surface area contributed by atoms with Crippen LogP contribution in [0.3, 0.4) is 0 Å². The van der Waals surface area contributed by atoms with Crippen LogP contribution in [0.15, 0.2) is 59.7 Å². The maximum Gasteiger partial charge on any atom is 0.193 e. The fourth-order valence-electron chi connectivity index (χ4n) is 2.15. The van der Waals surface area contributed by atoms with E-state index >= 15 is 0 Å². The number of imidazole rings is 1. The van der Waals surface area contributed by atoms with Gasteiger partial charge in [0, 0.05) is 17.6 Å². The lowest BCUT2D eigenvalue weighted by Gasteiger charge is -2.04. The number of fused-ring (bicyclic) bond motifs is 1. The molecule has 0 spiro atoms. The number of guanidine groups is 1. The highest BCUT2D eigenvalue weighted by molar-refractivity contribution is 5.92. The fraction of sp³-hybridized carbons (Fsp3) is 0.125. The number of nitrogens with zero attached hydrogens (tertiary/aromatic N) is 3. The van der Waals surface area contributed by atoms with Crippen LogP contribution in [0.4, 0.5) is 5.69 Å². The molecule has 5 nitrogen and oxygen atoms in total. The first-order valence-electron chi connectivity index (χ1n) is 6.78. The molecule has 0 unspecified atom stereocenters. The second kappa shape index (κ2) is 5.66. The van der Waals surface area contributed by atoms with E-state index in [-0.39, 0.29) is 0 Å². The van der Waals surface area contributed by atoms with E-state index in [1.165, 1.54) is 0 Å². The van der Waals surface area contributed by atoms with E-state index in [0.29, 0.717) is 12.5 Å². The maximum atomic E-state index is 5.88. The summed E-state index contributed by atoms with van der Waals surface area (Å²) in [4.78, 5) is 8.85. The summed E-state index contributed by atoms with van der Waals surface area (Å²) in [6, 6.07) is 15.8. The van der Waals surface area contributed by atoms with Crippen molar-refractivity contribution in [2.75, 3.05) is 5.32 Å². The Kier molecular flexibility index (Phi) is 3.55. The first-order chi connectivity index (χ1) is 10.2. The van der Waals surface area contributed by atoms with E-state index in [0.717, 1.165) is 22.7 Å². The smallest absolute Gasteiger partial charge is 0.193 e. The maximum absolute atomic E-state index is 5.88. The van der Waals surface area contributed by atoms with Crippen LogP contribution in [-0.2, 0) is 6.54 Å². The molecule has 3 N–H and O–H groups in total. The van der Waals surface area contributed by atoms with Crippen LogP contribution < -0.4 is 11.1 Å². The number of aromatic nitrogens is 2. The fourth-order valence-corrected chi connectivity index (χ4v) is 2.15. The number of hydrogen-bond donors (Lipinski definition) is 2. The number of pyridine rings is 1. The zero-order chi connectivity index (χ0) is 14.7. The highest BCUT2D eigenvalue weighted by Crippen LogP contribution is 2.09. The number of nitrogens with two attached hydrogens (primary N) is 1. The van der Waals surface area contributed by atoms with Crippen molar-refractivity contribution in [2.45, 2.75) is 13.5 Å². The van der Waals surface area contributed by atoms with Crippen molar-refractivity contribution in [1.82, 2.24) is 9.38 Å². The molecule has 2 aromatic heterocycles. The van der Waals surface area contributed by atoms with Crippen molar-refractivity contribution in [1.29, 1.82) is 0 Å². The predicted molar refractivity (Wildman–Crippen MR) is 85.3 cm³/mol. The number of benzene rings is 1. The molecule has 0 fully saturated rings. The predicted octanol–water partition coefficient (Wildman–Crippen LogP) is 2.57. The van der Waals surface area contributed by atoms with Crippen LogP contribution in [0.5, 0.6) is 0 Å². The minimum atomic E-state index is 0.384. The molecule has 3 rings (SSSR count). The Labute approximate surface area is 123 Å². The Morgan fingerprint density at radius 2 is 2.00 bits per heavy atom. The molecule has 0 atom stereocenters. The molecule has 2 heterocycles. The summed E-state index contributed by atoms with van der Waals surface area (Å²) in [5, 5.41) is 3.05. The number of nitrogens with one attached hydrogen (secondary N) is 1. The van der Waals surface area contributed by atoms with Crippen LogP contribution in [0.25, 0.3) is 5.65 Å². The lowest BCUT2D eigenvalue weighted by molar-refractivity contribution is 1.00. The number of aryl methyl sites for hydroxylation is 1. The van der Waals surface area contributed by atoms with Crippen molar-refractivity contribution >= 4 is 17.3 Å². The molecular weight excluding hydrogens is 262 g/mol. The van der Waals surface area contributed by atoms with Gasteiger partial charge >= 0.3 is 0 Å². The molecule has 0 aliphatic heterocycles. The number of hydrogen-bond acceptors (Lipinski definition) is 2. The van der Waals surface area contributed by atoms with Gasteiger partial charge in [-0.1, -0.05) is 24.3 Å². The summed E-state index contributed by atoms with van der Waals surface area (Å²) in [7, 11) is 0. The SMILES string of the molecule is Cc1cccc2nc(CN=C(N)Nc3ccccc3)cn12. The Morgan fingerprint density at radius 3 is 2.76 bits per heavy atom. The van der Waals surface area contributed by atoms with E-state index in [4.69, 9.17) is 5.73 Å². The molecule has 5 heteroatoms. The van der Waals surface area contributed by atoms with Gasteiger partial charge in [0.2, 0.25) is 0 Å². The lowest BCUT2D eigenvalue weighted by atomic mass is 10.3. The van der Waals surface area contributed by atoms with Gasteiger partial charge in [0.15, 0.2) is 5.96 Å². The molecule has 3 aromatic rings. The van der Waals surface area contributed by atoms with E-state index < -0.39 is 0 Å². The third-order valence-electron chi connectivity index (χ3n) is 3.20. The average molecular weight is 279 g/mol. The summed E-state index contributed by atoms with van der Waals surface area (Å²) in [6.45, 7) is 2.50. The van der Waals surface area contributed by atoms with Gasteiger partial charge in [0.1, 0.15) is 5.65 Å². The van der Waals surface area contributed by atoms with Crippen molar-refractivity contribution in [3.63, 3.8) is 0 Å². The molecule has 106 valence electrons. The number of rotatable bonds is 3. The monoisotopic (exact) mass is 279 g/mol. The zero-order valence-electron chi connectivity index (χ0n) is 11.8. The van der Waals surface area contributed by atoms with Gasteiger partial charge in [-0.2, -0.15) is 0 Å². The summed E-state index contributed by atoms with van der Waals surface area (Å²) < 4.78 is 2.05. The molecule has 0 saturated heterocycles. The quantitative estimate of drug-likeness (QED) is 0.572. The molecule has 1 aromatic carbocycles. The van der Waals surface area contributed by atoms with Crippen LogP contribution >= 0.6 is 0 Å². The minimum Gasteiger partial charge on any atom is -0.370 e. The third-order valence-corrected chi connectivity index (χ3v) is 3.20. The van der Waals surface area contributed by atoms with Crippen molar-refractivity contribution < 1.29 is 0 Å². The Balaban J connectivity index is 1.73. The summed E-state index contributed by atoms with van der Waals surface area (Å²) in [5.41, 5.74) is 9.76. The number of aliphatic imine (C=N–C) groups is 1. The van der Waals surface area contributed by atoms with Crippen molar-refractivity contribution in [3.05, 3.63) is 66.1 Å². The molecule has 0 radical (unpaired) electrons. The van der Waals surface area contributed by atoms with Gasteiger partial charge in [-0.15, -0.1) is 0 Å². The normalized spacial score (nSPS) is 11.8. The standard InChI is InChI=1S/C16H17N5/c1-12-6-5-9-15-19-14(11-21(12)15)10-18-16(17)20-13-7-3-2-4-8-13/h2-9,11H,10H2,1H3,(H3,17,18,20). The largest absolute Gasteiger partial charge is 0.370 e. The minimum absolute atomic E-state index is 0.384. The molecule has 0 aliphatic rings. The van der Waals surface area contributed by atoms with E-state index in [2.05, 4.69) is 15.3 Å². The second-order valence-electron chi connectivity index (χ2n) is 4.82. The number of para-hydroxylation sites is 1. The topological polar surface area (TPSA) is 67.7 Å². The van der Waals surface area contributed by atoms with Crippen LogP contribution in [0, 0.1) is 6.92 Å². The highest BCUT2D eigenvalue weighted by atomic mass is 15.1. The Hall–Kier alpha value is -2.82. The van der Waals surface area contributed by atoms with Crippen LogP contribution in [0.2, 0.25) is 0 Å². The third kappa shape index (κ3) is 3.02. The van der Waals surface area contributed by atoms with Gasteiger partial charge in [-0.25, -0.2) is 9.98 Å². The van der Waals surface area contributed by atoms with Gasteiger partial charge in [-0.3, -0.25) is 0 Å². The number of anilines is 1. The highest BCUT2D eigenvalue weighted by Gasteiger charge is 2.02. The van der Waals surface area contributed by atoms with Gasteiger partial charge in [0.25, 0.3) is 0 Å². The van der Waals surface area contributed by atoms with Crippen LogP contribution in [0.1, 0.15) is 11.4 Å². The zero-order valence-corrected chi connectivity index (χ0v) is 11.8. The summed E-state index contributed by atoms with van der Waals surface area (Å²) >= 11 is 0. The van der Waals surface area contributed by atoms with Crippen molar-refractivity contribution in [2.24, 2.45) is 10.7 Å². The summed E-state index contributed by atoms with van der Waals surface area (Å²) in [5.74, 6) is 0.384. The molecule has 0 saturated carbocycles. The first-order valence-corrected chi connectivity index (χ1v) is 6.78. The lowest BCUT2D eigenvalue weighted by Crippen LogP contribution is -2.22. The van der Waals surface area contributed by atoms with Gasteiger partial charge in [-0.05, 0) is 31.2 Å².